The van der Waals surface area contributed by atoms with Gasteiger partial charge in [-0.15, -0.1) is 0 Å². The summed E-state index contributed by atoms with van der Waals surface area (Å²) in [5.74, 6) is 0.736. The lowest BCUT2D eigenvalue weighted by molar-refractivity contribution is -0.125. The van der Waals surface area contributed by atoms with E-state index in [-0.39, 0.29) is 5.91 Å². The van der Waals surface area contributed by atoms with E-state index in [2.05, 4.69) is 32.0 Å². The normalized spacial score (nSPS) is 10.9. The molecule has 0 spiro atoms. The molecule has 0 radical (unpaired) electrons. The minimum absolute atomic E-state index is 0.0291. The highest BCUT2D eigenvalue weighted by Crippen LogP contribution is 2.21. The first-order valence-corrected chi connectivity index (χ1v) is 8.04. The molecule has 2 aromatic carbocycles. The maximum atomic E-state index is 12.4. The molecule has 0 saturated carbocycles. The number of nitrogens with zero attached hydrogens (tertiary/aromatic N) is 1. The third-order valence-corrected chi connectivity index (χ3v) is 4.07. The Kier molecular flexibility index (Phi) is 5.80. The first-order valence-electron chi connectivity index (χ1n) is 8.04. The first-order chi connectivity index (χ1) is 11.4. The Morgan fingerprint density at radius 2 is 1.75 bits per heavy atom. The molecule has 0 N–H and O–H groups in total. The minimum atomic E-state index is -0.0291. The van der Waals surface area contributed by atoms with E-state index >= 15 is 0 Å². The SMILES string of the molecule is COc1ccc(C)cc1/C=C/C(=O)N(C)Cc1ccc(C)cc1C. The number of rotatable bonds is 5. The van der Waals surface area contributed by atoms with Gasteiger partial charge in [0, 0.05) is 25.2 Å². The fourth-order valence-corrected chi connectivity index (χ4v) is 2.63. The van der Waals surface area contributed by atoms with Gasteiger partial charge in [0.05, 0.1) is 7.11 Å². The number of hydrogen-bond donors (Lipinski definition) is 0. The van der Waals surface area contributed by atoms with Crippen LogP contribution in [0.4, 0.5) is 0 Å². The molecule has 2 aromatic rings. The molecule has 0 saturated heterocycles. The van der Waals surface area contributed by atoms with Gasteiger partial charge >= 0.3 is 0 Å². The van der Waals surface area contributed by atoms with Gasteiger partial charge in [-0.3, -0.25) is 4.79 Å². The third kappa shape index (κ3) is 4.48. The Balaban J connectivity index is 2.10. The van der Waals surface area contributed by atoms with Crippen LogP contribution in [0.5, 0.6) is 5.75 Å². The molecule has 24 heavy (non-hydrogen) atoms. The Labute approximate surface area is 144 Å². The second-order valence-corrected chi connectivity index (χ2v) is 6.20. The van der Waals surface area contributed by atoms with Crippen molar-refractivity contribution in [1.82, 2.24) is 4.90 Å². The molecule has 126 valence electrons. The molecule has 1 amide bonds. The number of benzene rings is 2. The van der Waals surface area contributed by atoms with Gasteiger partial charge < -0.3 is 9.64 Å². The molecule has 0 heterocycles. The summed E-state index contributed by atoms with van der Waals surface area (Å²) in [6.45, 7) is 6.77. The van der Waals surface area contributed by atoms with Crippen molar-refractivity contribution < 1.29 is 9.53 Å². The largest absolute Gasteiger partial charge is 0.496 e. The van der Waals surface area contributed by atoms with Gasteiger partial charge in [0.1, 0.15) is 5.75 Å². The van der Waals surface area contributed by atoms with Gasteiger partial charge in [-0.2, -0.15) is 0 Å². The predicted octanol–water partition coefficient (Wildman–Crippen LogP) is 4.29. The average Bonchev–Trinajstić information content (AvgIpc) is 2.55. The van der Waals surface area contributed by atoms with Crippen LogP contribution in [-0.2, 0) is 11.3 Å². The average molecular weight is 323 g/mol. The van der Waals surface area contributed by atoms with Crippen LogP contribution < -0.4 is 4.74 Å². The summed E-state index contributed by atoms with van der Waals surface area (Å²) >= 11 is 0. The van der Waals surface area contributed by atoms with Gasteiger partial charge in [0.25, 0.3) is 0 Å². The summed E-state index contributed by atoms with van der Waals surface area (Å²) in [6.07, 6.45) is 3.41. The van der Waals surface area contributed by atoms with Gasteiger partial charge in [-0.05, 0) is 50.1 Å². The highest BCUT2D eigenvalue weighted by molar-refractivity contribution is 5.92. The van der Waals surface area contributed by atoms with Crippen molar-refractivity contribution in [3.63, 3.8) is 0 Å². The van der Waals surface area contributed by atoms with E-state index in [1.165, 1.54) is 11.1 Å². The van der Waals surface area contributed by atoms with E-state index in [0.717, 1.165) is 22.4 Å². The van der Waals surface area contributed by atoms with Crippen LogP contribution in [0.3, 0.4) is 0 Å². The molecule has 0 bridgehead atoms. The molecule has 0 aromatic heterocycles. The number of methoxy groups -OCH3 is 1. The molecule has 3 heteroatoms. The first kappa shape index (κ1) is 17.8. The molecule has 0 unspecified atom stereocenters. The number of carbonyl (C=O) groups excluding carboxylic acids is 1. The Morgan fingerprint density at radius 3 is 2.42 bits per heavy atom. The van der Waals surface area contributed by atoms with Crippen molar-refractivity contribution in [3.8, 4) is 5.75 Å². The fourth-order valence-electron chi connectivity index (χ4n) is 2.63. The van der Waals surface area contributed by atoms with E-state index in [4.69, 9.17) is 4.74 Å². The fraction of sp³-hybridized carbons (Fsp3) is 0.286. The highest BCUT2D eigenvalue weighted by Gasteiger charge is 2.08. The number of aryl methyl sites for hydroxylation is 3. The van der Waals surface area contributed by atoms with E-state index < -0.39 is 0 Å². The van der Waals surface area contributed by atoms with E-state index in [1.54, 1.807) is 18.1 Å². The number of ether oxygens (including phenoxy) is 1. The lowest BCUT2D eigenvalue weighted by Crippen LogP contribution is -2.24. The third-order valence-electron chi connectivity index (χ3n) is 4.07. The standard InChI is InChI=1S/C21H25NO2/c1-15-6-8-19(17(3)12-15)14-22(4)21(23)11-9-18-13-16(2)7-10-20(18)24-5/h6-13H,14H2,1-5H3/b11-9+. The van der Waals surface area contributed by atoms with Gasteiger partial charge in [0.15, 0.2) is 0 Å². The number of amides is 1. The van der Waals surface area contributed by atoms with Crippen molar-refractivity contribution >= 4 is 12.0 Å². The van der Waals surface area contributed by atoms with Crippen LogP contribution in [0.1, 0.15) is 27.8 Å². The maximum absolute atomic E-state index is 12.4. The number of hydrogen-bond acceptors (Lipinski definition) is 2. The lowest BCUT2D eigenvalue weighted by Gasteiger charge is -2.17. The molecular formula is C21H25NO2. The van der Waals surface area contributed by atoms with E-state index in [0.29, 0.717) is 6.54 Å². The van der Waals surface area contributed by atoms with E-state index in [1.807, 2.05) is 38.2 Å². The van der Waals surface area contributed by atoms with Crippen molar-refractivity contribution in [2.24, 2.45) is 0 Å². The summed E-state index contributed by atoms with van der Waals surface area (Å²) in [5.41, 5.74) is 5.64. The van der Waals surface area contributed by atoms with Crippen LogP contribution in [0.2, 0.25) is 0 Å². The highest BCUT2D eigenvalue weighted by atomic mass is 16.5. The van der Waals surface area contributed by atoms with Crippen LogP contribution in [0.15, 0.2) is 42.5 Å². The summed E-state index contributed by atoms with van der Waals surface area (Å²) in [6, 6.07) is 12.2. The van der Waals surface area contributed by atoms with Gasteiger partial charge in [-0.1, -0.05) is 35.4 Å². The van der Waals surface area contributed by atoms with Crippen LogP contribution in [0.25, 0.3) is 6.08 Å². The monoisotopic (exact) mass is 323 g/mol. The summed E-state index contributed by atoms with van der Waals surface area (Å²) in [5, 5.41) is 0. The molecule has 3 nitrogen and oxygen atoms in total. The Hall–Kier alpha value is -2.55. The lowest BCUT2D eigenvalue weighted by atomic mass is 10.1. The maximum Gasteiger partial charge on any atom is 0.246 e. The molecular weight excluding hydrogens is 298 g/mol. The Bertz CT molecular complexity index is 762. The molecule has 0 aliphatic rings. The Morgan fingerprint density at radius 1 is 1.08 bits per heavy atom. The summed E-state index contributed by atoms with van der Waals surface area (Å²) < 4.78 is 5.34. The smallest absolute Gasteiger partial charge is 0.246 e. The van der Waals surface area contributed by atoms with Gasteiger partial charge in [-0.25, -0.2) is 0 Å². The van der Waals surface area contributed by atoms with Crippen molar-refractivity contribution in [2.45, 2.75) is 27.3 Å². The summed E-state index contributed by atoms with van der Waals surface area (Å²) in [7, 11) is 3.45. The van der Waals surface area contributed by atoms with Crippen LogP contribution >= 0.6 is 0 Å². The summed E-state index contributed by atoms with van der Waals surface area (Å²) in [4.78, 5) is 14.1. The second-order valence-electron chi connectivity index (χ2n) is 6.20. The van der Waals surface area contributed by atoms with Crippen LogP contribution in [0, 0.1) is 20.8 Å². The molecule has 0 fully saturated rings. The zero-order valence-electron chi connectivity index (χ0n) is 15.1. The van der Waals surface area contributed by atoms with Crippen molar-refractivity contribution in [1.29, 1.82) is 0 Å². The zero-order valence-corrected chi connectivity index (χ0v) is 15.1. The van der Waals surface area contributed by atoms with E-state index in [9.17, 15) is 4.79 Å². The molecule has 0 aliphatic carbocycles. The predicted molar refractivity (Wildman–Crippen MR) is 99.2 cm³/mol. The number of carbonyl (C=O) groups is 1. The van der Waals surface area contributed by atoms with Crippen LogP contribution in [-0.4, -0.2) is 25.0 Å². The topological polar surface area (TPSA) is 29.5 Å². The zero-order chi connectivity index (χ0) is 17.7. The van der Waals surface area contributed by atoms with Crippen molar-refractivity contribution in [2.75, 3.05) is 14.2 Å². The quantitative estimate of drug-likeness (QED) is 0.768. The molecule has 2 rings (SSSR count). The minimum Gasteiger partial charge on any atom is -0.496 e. The molecule has 0 aliphatic heterocycles. The molecule has 0 atom stereocenters. The second kappa shape index (κ2) is 7.82. The van der Waals surface area contributed by atoms with Gasteiger partial charge in [0.2, 0.25) is 5.91 Å². The number of likely N-dealkylation sites (N-methyl/N-ethyl adjacent to an activating group) is 1. The van der Waals surface area contributed by atoms with Crippen molar-refractivity contribution in [3.05, 3.63) is 70.3 Å².